The van der Waals surface area contributed by atoms with Crippen LogP contribution in [-0.2, 0) is 6.54 Å². The zero-order valence-corrected chi connectivity index (χ0v) is 12.5. The highest BCUT2D eigenvalue weighted by Gasteiger charge is 2.09. The number of ketones is 1. The molecule has 0 radical (unpaired) electrons. The lowest BCUT2D eigenvalue weighted by atomic mass is 10.0. The van der Waals surface area contributed by atoms with Crippen LogP contribution >= 0.6 is 0 Å². The van der Waals surface area contributed by atoms with Gasteiger partial charge in [0.1, 0.15) is 0 Å². The first-order valence-corrected chi connectivity index (χ1v) is 7.37. The molecule has 0 aliphatic heterocycles. The summed E-state index contributed by atoms with van der Waals surface area (Å²) in [5, 5.41) is 18.0. The first kappa shape index (κ1) is 16.4. The van der Waals surface area contributed by atoms with Crippen LogP contribution in [0.4, 0.5) is 0 Å². The molecule has 4 nitrogen and oxygen atoms in total. The first-order chi connectivity index (χ1) is 10.7. The molecule has 0 aliphatic carbocycles. The molecule has 116 valence electrons. The number of carbonyl (C=O) groups is 1. The van der Waals surface area contributed by atoms with Crippen molar-refractivity contribution in [1.29, 1.82) is 0 Å². The Morgan fingerprint density at radius 1 is 0.818 bits per heavy atom. The normalized spacial score (nSPS) is 10.9. The molecule has 2 aromatic rings. The van der Waals surface area contributed by atoms with Gasteiger partial charge in [-0.05, 0) is 5.56 Å². The fourth-order valence-electron chi connectivity index (χ4n) is 2.33. The maximum atomic E-state index is 12.3. The summed E-state index contributed by atoms with van der Waals surface area (Å²) in [7, 11) is 0. The van der Waals surface area contributed by atoms with Gasteiger partial charge in [-0.25, -0.2) is 0 Å². The Hall–Kier alpha value is -2.01. The minimum absolute atomic E-state index is 0.00900. The van der Waals surface area contributed by atoms with Crippen molar-refractivity contribution in [3.8, 4) is 0 Å². The minimum atomic E-state index is 0.00900. The average molecular weight is 299 g/mol. The second-order valence-electron chi connectivity index (χ2n) is 5.12. The van der Waals surface area contributed by atoms with Crippen molar-refractivity contribution < 1.29 is 15.0 Å². The third-order valence-corrected chi connectivity index (χ3v) is 3.49. The van der Waals surface area contributed by atoms with E-state index in [0.29, 0.717) is 30.8 Å². The van der Waals surface area contributed by atoms with Crippen LogP contribution in [0.1, 0.15) is 21.5 Å². The third kappa shape index (κ3) is 4.49. The molecule has 4 heteroatoms. The summed E-state index contributed by atoms with van der Waals surface area (Å²) in [6.45, 7) is 1.80. The van der Waals surface area contributed by atoms with Crippen LogP contribution in [0.2, 0.25) is 0 Å². The van der Waals surface area contributed by atoms with Crippen molar-refractivity contribution in [2.45, 2.75) is 6.54 Å². The standard InChI is InChI=1S/C18H21NO3/c20-12-10-19(11-13-21)14-15-6-8-17(9-7-15)18(22)16-4-2-1-3-5-16/h1-9,20-21H,10-14H2. The number of benzene rings is 2. The largest absolute Gasteiger partial charge is 0.395 e. The van der Waals surface area contributed by atoms with Gasteiger partial charge in [-0.15, -0.1) is 0 Å². The molecule has 0 aromatic heterocycles. The molecule has 0 spiro atoms. The van der Waals surface area contributed by atoms with E-state index in [1.165, 1.54) is 0 Å². The second-order valence-corrected chi connectivity index (χ2v) is 5.12. The van der Waals surface area contributed by atoms with E-state index in [0.717, 1.165) is 5.56 Å². The minimum Gasteiger partial charge on any atom is -0.395 e. The van der Waals surface area contributed by atoms with Crippen molar-refractivity contribution in [3.05, 3.63) is 71.3 Å². The van der Waals surface area contributed by atoms with Gasteiger partial charge in [-0.2, -0.15) is 0 Å². The van der Waals surface area contributed by atoms with Gasteiger partial charge < -0.3 is 10.2 Å². The molecule has 0 amide bonds. The van der Waals surface area contributed by atoms with Crippen LogP contribution in [0.3, 0.4) is 0 Å². The predicted molar refractivity (Wildman–Crippen MR) is 85.8 cm³/mol. The van der Waals surface area contributed by atoms with E-state index in [4.69, 9.17) is 10.2 Å². The summed E-state index contributed by atoms with van der Waals surface area (Å²) >= 11 is 0. The highest BCUT2D eigenvalue weighted by atomic mass is 16.3. The predicted octanol–water partition coefficient (Wildman–Crippen LogP) is 1.70. The Labute approximate surface area is 130 Å². The van der Waals surface area contributed by atoms with Crippen LogP contribution in [0.25, 0.3) is 0 Å². The summed E-state index contributed by atoms with van der Waals surface area (Å²) in [4.78, 5) is 14.3. The van der Waals surface area contributed by atoms with Crippen molar-refractivity contribution in [2.24, 2.45) is 0 Å². The Morgan fingerprint density at radius 3 is 1.91 bits per heavy atom. The number of aliphatic hydroxyl groups is 2. The van der Waals surface area contributed by atoms with Crippen molar-refractivity contribution in [2.75, 3.05) is 26.3 Å². The van der Waals surface area contributed by atoms with Gasteiger partial charge in [0.05, 0.1) is 13.2 Å². The van der Waals surface area contributed by atoms with Gasteiger partial charge in [-0.1, -0.05) is 54.6 Å². The average Bonchev–Trinajstić information content (AvgIpc) is 2.56. The first-order valence-electron chi connectivity index (χ1n) is 7.37. The van der Waals surface area contributed by atoms with Gasteiger partial charge in [0.25, 0.3) is 0 Å². The summed E-state index contributed by atoms with van der Waals surface area (Å²) < 4.78 is 0. The van der Waals surface area contributed by atoms with E-state index in [1.54, 1.807) is 12.1 Å². The van der Waals surface area contributed by atoms with Crippen LogP contribution < -0.4 is 0 Å². The quantitative estimate of drug-likeness (QED) is 0.729. The molecule has 0 aliphatic rings. The van der Waals surface area contributed by atoms with Gasteiger partial charge in [0, 0.05) is 30.8 Å². The van der Waals surface area contributed by atoms with Crippen molar-refractivity contribution >= 4 is 5.78 Å². The zero-order chi connectivity index (χ0) is 15.8. The fraction of sp³-hybridized carbons (Fsp3) is 0.278. The molecular weight excluding hydrogens is 278 g/mol. The molecule has 2 N–H and O–H groups in total. The maximum absolute atomic E-state index is 12.3. The number of nitrogens with zero attached hydrogens (tertiary/aromatic N) is 1. The number of rotatable bonds is 8. The fourth-order valence-corrected chi connectivity index (χ4v) is 2.33. The lowest BCUT2D eigenvalue weighted by molar-refractivity contribution is 0.103. The molecular formula is C18H21NO3. The molecule has 0 fully saturated rings. The number of hydrogen-bond donors (Lipinski definition) is 2. The van der Waals surface area contributed by atoms with E-state index in [1.807, 2.05) is 47.4 Å². The number of carbonyl (C=O) groups excluding carboxylic acids is 1. The maximum Gasteiger partial charge on any atom is 0.193 e. The second kappa shape index (κ2) is 8.44. The van der Waals surface area contributed by atoms with Gasteiger partial charge in [-0.3, -0.25) is 9.69 Å². The Kier molecular flexibility index (Phi) is 6.27. The third-order valence-electron chi connectivity index (χ3n) is 3.49. The van der Waals surface area contributed by atoms with Crippen molar-refractivity contribution in [1.82, 2.24) is 4.90 Å². The van der Waals surface area contributed by atoms with Crippen LogP contribution in [-0.4, -0.2) is 47.2 Å². The Morgan fingerprint density at radius 2 is 1.36 bits per heavy atom. The molecule has 2 rings (SSSR count). The Bertz CT molecular complexity index is 575. The molecule has 0 saturated carbocycles. The van der Waals surface area contributed by atoms with E-state index in [2.05, 4.69) is 0 Å². The van der Waals surface area contributed by atoms with Crippen LogP contribution in [0.5, 0.6) is 0 Å². The molecule has 0 bridgehead atoms. The SMILES string of the molecule is O=C(c1ccccc1)c1ccc(CN(CCO)CCO)cc1. The highest BCUT2D eigenvalue weighted by molar-refractivity contribution is 6.08. The lowest BCUT2D eigenvalue weighted by Gasteiger charge is -2.20. The summed E-state index contributed by atoms with van der Waals surface area (Å²) in [6.07, 6.45) is 0. The number of aliphatic hydroxyl groups excluding tert-OH is 2. The van der Waals surface area contributed by atoms with Gasteiger partial charge >= 0.3 is 0 Å². The van der Waals surface area contributed by atoms with Gasteiger partial charge in [0.2, 0.25) is 0 Å². The smallest absolute Gasteiger partial charge is 0.193 e. The molecule has 0 saturated heterocycles. The van der Waals surface area contributed by atoms with Crippen LogP contribution in [0.15, 0.2) is 54.6 Å². The zero-order valence-electron chi connectivity index (χ0n) is 12.5. The monoisotopic (exact) mass is 299 g/mol. The Balaban J connectivity index is 2.05. The van der Waals surface area contributed by atoms with E-state index >= 15 is 0 Å². The van der Waals surface area contributed by atoms with Gasteiger partial charge in [0.15, 0.2) is 5.78 Å². The lowest BCUT2D eigenvalue weighted by Crippen LogP contribution is -2.29. The topological polar surface area (TPSA) is 60.8 Å². The van der Waals surface area contributed by atoms with Crippen molar-refractivity contribution in [3.63, 3.8) is 0 Å². The molecule has 0 unspecified atom stereocenters. The van der Waals surface area contributed by atoms with E-state index in [-0.39, 0.29) is 19.0 Å². The highest BCUT2D eigenvalue weighted by Crippen LogP contribution is 2.12. The summed E-state index contributed by atoms with van der Waals surface area (Å²) in [6, 6.07) is 16.7. The number of hydrogen-bond acceptors (Lipinski definition) is 4. The molecule has 22 heavy (non-hydrogen) atoms. The molecule has 0 atom stereocenters. The molecule has 0 heterocycles. The van der Waals surface area contributed by atoms with E-state index < -0.39 is 0 Å². The molecule has 2 aromatic carbocycles. The summed E-state index contributed by atoms with van der Waals surface area (Å²) in [5.74, 6) is 0.00900. The van der Waals surface area contributed by atoms with Crippen LogP contribution in [0, 0.1) is 0 Å². The van der Waals surface area contributed by atoms with E-state index in [9.17, 15) is 4.79 Å². The summed E-state index contributed by atoms with van der Waals surface area (Å²) in [5.41, 5.74) is 2.38.